The second-order valence-electron chi connectivity index (χ2n) is 3.79. The summed E-state index contributed by atoms with van der Waals surface area (Å²) in [5.74, 6) is 0. The Bertz CT molecular complexity index is 648. The summed E-state index contributed by atoms with van der Waals surface area (Å²) < 4.78 is 4.94. The molecule has 0 spiro atoms. The van der Waals surface area contributed by atoms with Crippen molar-refractivity contribution in [1.29, 1.82) is 0 Å². The first-order valence-electron chi connectivity index (χ1n) is 5.59. The van der Waals surface area contributed by atoms with Crippen molar-refractivity contribution < 1.29 is 9.34 Å². The van der Waals surface area contributed by atoms with Crippen LogP contribution < -0.4 is 10.9 Å². The van der Waals surface area contributed by atoms with E-state index in [4.69, 9.17) is 4.42 Å². The smallest absolute Gasteiger partial charge is 0.417 e. The van der Waals surface area contributed by atoms with Gasteiger partial charge in [0, 0.05) is 11.9 Å². The van der Waals surface area contributed by atoms with Crippen molar-refractivity contribution in [1.82, 2.24) is 0 Å². The second-order valence-corrected chi connectivity index (χ2v) is 3.79. The van der Waals surface area contributed by atoms with Crippen molar-refractivity contribution in [3.8, 4) is 0 Å². The summed E-state index contributed by atoms with van der Waals surface area (Å²) in [5.41, 5.74) is -0.903. The Morgan fingerprint density at radius 3 is 2.78 bits per heavy atom. The van der Waals surface area contributed by atoms with Gasteiger partial charge in [0.05, 0.1) is 4.92 Å². The van der Waals surface area contributed by atoms with Crippen LogP contribution in [0.2, 0.25) is 0 Å². The van der Waals surface area contributed by atoms with Crippen LogP contribution in [-0.2, 0) is 0 Å². The Kier molecular flexibility index (Phi) is 3.27. The largest absolute Gasteiger partial charge is 0.418 e. The van der Waals surface area contributed by atoms with E-state index in [0.29, 0.717) is 17.5 Å². The molecule has 1 N–H and O–H groups in total. The Morgan fingerprint density at radius 2 is 2.11 bits per heavy atom. The van der Waals surface area contributed by atoms with Crippen LogP contribution in [0.15, 0.2) is 33.5 Å². The fourth-order valence-corrected chi connectivity index (χ4v) is 1.73. The molecular formula is C12H12N2O4. The highest BCUT2D eigenvalue weighted by molar-refractivity contribution is 5.94. The van der Waals surface area contributed by atoms with Gasteiger partial charge in [0.1, 0.15) is 11.3 Å². The molecule has 0 aliphatic carbocycles. The number of nitrogens with zero attached hydrogens (tertiary/aromatic N) is 1. The van der Waals surface area contributed by atoms with E-state index < -0.39 is 16.2 Å². The number of hydrogen-bond acceptors (Lipinski definition) is 5. The monoisotopic (exact) mass is 248 g/mol. The summed E-state index contributed by atoms with van der Waals surface area (Å²) in [6.07, 6.45) is 0.797. The van der Waals surface area contributed by atoms with Gasteiger partial charge in [-0.15, -0.1) is 0 Å². The number of benzene rings is 1. The topological polar surface area (TPSA) is 85.4 Å². The molecule has 6 heteroatoms. The third-order valence-electron chi connectivity index (χ3n) is 2.52. The number of nitro groups is 1. The van der Waals surface area contributed by atoms with Gasteiger partial charge in [-0.25, -0.2) is 4.79 Å². The molecule has 0 fully saturated rings. The minimum atomic E-state index is -0.933. The highest BCUT2D eigenvalue weighted by Gasteiger charge is 2.23. The summed E-state index contributed by atoms with van der Waals surface area (Å²) in [7, 11) is 0. The van der Waals surface area contributed by atoms with Gasteiger partial charge in [-0.1, -0.05) is 19.1 Å². The number of para-hydroxylation sites is 1. The van der Waals surface area contributed by atoms with E-state index in [1.54, 1.807) is 24.3 Å². The van der Waals surface area contributed by atoms with Crippen molar-refractivity contribution in [3.63, 3.8) is 0 Å². The Labute approximate surface area is 102 Å². The summed E-state index contributed by atoms with van der Waals surface area (Å²) in [5, 5.41) is 14.4. The Morgan fingerprint density at radius 1 is 1.39 bits per heavy atom. The number of fused-ring (bicyclic) bond motifs is 1. The number of anilines is 1. The van der Waals surface area contributed by atoms with E-state index in [9.17, 15) is 14.9 Å². The fourth-order valence-electron chi connectivity index (χ4n) is 1.73. The van der Waals surface area contributed by atoms with Crippen molar-refractivity contribution in [2.75, 3.05) is 11.9 Å². The van der Waals surface area contributed by atoms with Crippen LogP contribution >= 0.6 is 0 Å². The lowest BCUT2D eigenvalue weighted by Crippen LogP contribution is -2.12. The average molecular weight is 248 g/mol. The van der Waals surface area contributed by atoms with Crippen LogP contribution in [0.25, 0.3) is 11.0 Å². The van der Waals surface area contributed by atoms with Crippen LogP contribution in [0.4, 0.5) is 11.4 Å². The normalized spacial score (nSPS) is 10.5. The summed E-state index contributed by atoms with van der Waals surface area (Å²) in [6, 6.07) is 6.74. The summed E-state index contributed by atoms with van der Waals surface area (Å²) >= 11 is 0. The molecule has 6 nitrogen and oxygen atoms in total. The van der Waals surface area contributed by atoms with Crippen LogP contribution in [0.3, 0.4) is 0 Å². The third-order valence-corrected chi connectivity index (χ3v) is 2.52. The van der Waals surface area contributed by atoms with Crippen molar-refractivity contribution >= 4 is 22.3 Å². The minimum absolute atomic E-state index is 0.230. The van der Waals surface area contributed by atoms with E-state index in [-0.39, 0.29) is 5.69 Å². The molecule has 1 aromatic heterocycles. The quantitative estimate of drug-likeness (QED) is 0.510. The first-order valence-corrected chi connectivity index (χ1v) is 5.59. The van der Waals surface area contributed by atoms with Crippen LogP contribution in [0, 0.1) is 10.1 Å². The zero-order valence-electron chi connectivity index (χ0n) is 9.80. The lowest BCUT2D eigenvalue weighted by molar-refractivity contribution is -0.386. The van der Waals surface area contributed by atoms with Gasteiger partial charge >= 0.3 is 11.3 Å². The predicted octanol–water partition coefficient (Wildman–Crippen LogP) is 2.52. The highest BCUT2D eigenvalue weighted by Crippen LogP contribution is 2.29. The molecular weight excluding hydrogens is 236 g/mol. The summed E-state index contributed by atoms with van der Waals surface area (Å²) in [6.45, 7) is 2.49. The van der Waals surface area contributed by atoms with E-state index in [2.05, 4.69) is 5.32 Å². The predicted molar refractivity (Wildman–Crippen MR) is 67.9 cm³/mol. The lowest BCUT2D eigenvalue weighted by atomic mass is 10.2. The fraction of sp³-hybridized carbons (Fsp3) is 0.250. The highest BCUT2D eigenvalue weighted by atomic mass is 16.6. The van der Waals surface area contributed by atoms with Crippen LogP contribution in [0.1, 0.15) is 13.3 Å². The average Bonchev–Trinajstić information content (AvgIpc) is 2.34. The van der Waals surface area contributed by atoms with E-state index >= 15 is 0 Å². The molecule has 1 aromatic carbocycles. The van der Waals surface area contributed by atoms with Crippen LogP contribution in [0.5, 0.6) is 0 Å². The number of rotatable bonds is 4. The number of nitrogens with one attached hydrogen (secondary N) is 1. The Balaban J connectivity index is 2.76. The molecule has 0 aliphatic heterocycles. The third kappa shape index (κ3) is 2.04. The molecule has 94 valence electrons. The first kappa shape index (κ1) is 12.1. The molecule has 0 aliphatic rings. The molecule has 0 amide bonds. The van der Waals surface area contributed by atoms with E-state index in [1.165, 1.54) is 0 Å². The Hall–Kier alpha value is -2.37. The zero-order valence-corrected chi connectivity index (χ0v) is 9.80. The first-order chi connectivity index (χ1) is 8.65. The molecule has 2 rings (SSSR count). The molecule has 0 saturated heterocycles. The van der Waals surface area contributed by atoms with E-state index in [0.717, 1.165) is 6.42 Å². The molecule has 0 radical (unpaired) electrons. The van der Waals surface area contributed by atoms with E-state index in [1.807, 2.05) is 6.92 Å². The van der Waals surface area contributed by atoms with Gasteiger partial charge in [-0.2, -0.15) is 0 Å². The van der Waals surface area contributed by atoms with Crippen molar-refractivity contribution in [2.24, 2.45) is 0 Å². The number of hydrogen-bond donors (Lipinski definition) is 1. The maximum atomic E-state index is 11.6. The van der Waals surface area contributed by atoms with Crippen molar-refractivity contribution in [3.05, 3.63) is 44.8 Å². The van der Waals surface area contributed by atoms with Gasteiger partial charge in [0.15, 0.2) is 0 Å². The van der Waals surface area contributed by atoms with Gasteiger partial charge in [0.25, 0.3) is 0 Å². The van der Waals surface area contributed by atoms with Crippen molar-refractivity contribution in [2.45, 2.75) is 13.3 Å². The molecule has 0 unspecified atom stereocenters. The van der Waals surface area contributed by atoms with Gasteiger partial charge in [-0.3, -0.25) is 10.1 Å². The molecule has 18 heavy (non-hydrogen) atoms. The van der Waals surface area contributed by atoms with Gasteiger partial charge < -0.3 is 9.73 Å². The molecule has 0 atom stereocenters. The minimum Gasteiger partial charge on any atom is -0.418 e. The lowest BCUT2D eigenvalue weighted by Gasteiger charge is -2.07. The zero-order chi connectivity index (χ0) is 13.1. The maximum absolute atomic E-state index is 11.6. The SMILES string of the molecule is CCCNc1c([N+](=O)[O-])c(=O)oc2ccccc12. The molecule has 2 aromatic rings. The van der Waals surface area contributed by atoms with Gasteiger partial charge in [-0.05, 0) is 18.6 Å². The molecule has 1 heterocycles. The molecule has 0 bridgehead atoms. The second kappa shape index (κ2) is 4.87. The summed E-state index contributed by atoms with van der Waals surface area (Å²) in [4.78, 5) is 21.9. The van der Waals surface area contributed by atoms with Gasteiger partial charge in [0.2, 0.25) is 0 Å². The maximum Gasteiger partial charge on any atom is 0.417 e. The molecule has 0 saturated carbocycles. The standard InChI is InChI=1S/C12H12N2O4/c1-2-7-13-10-8-5-3-4-6-9(8)18-12(15)11(10)14(16)17/h3-6,13H,2,7H2,1H3. The van der Waals surface area contributed by atoms with Crippen LogP contribution in [-0.4, -0.2) is 11.5 Å².